The van der Waals surface area contributed by atoms with Gasteiger partial charge in [0.25, 0.3) is 0 Å². The van der Waals surface area contributed by atoms with Crippen molar-refractivity contribution in [2.45, 2.75) is 13.5 Å². The predicted molar refractivity (Wildman–Crippen MR) is 133 cm³/mol. The molecule has 0 spiro atoms. The Bertz CT molecular complexity index is 1440. The molecular formula is C25H26FN9. The number of H-pyrrole nitrogens is 1. The number of pyridine rings is 3. The quantitative estimate of drug-likeness (QED) is 0.474. The van der Waals surface area contributed by atoms with Crippen molar-refractivity contribution >= 4 is 22.6 Å². The largest absolute Gasteiger partial charge is 0.352 e. The van der Waals surface area contributed by atoms with E-state index in [1.54, 1.807) is 24.8 Å². The highest BCUT2D eigenvalue weighted by Crippen LogP contribution is 2.31. The minimum atomic E-state index is -0.369. The van der Waals surface area contributed by atoms with Crippen LogP contribution in [0.3, 0.4) is 0 Å². The van der Waals surface area contributed by atoms with Crippen LogP contribution in [0, 0.1) is 12.7 Å². The first-order valence-electron chi connectivity index (χ1n) is 11.7. The number of piperazine rings is 1. The molecule has 0 radical (unpaired) electrons. The molecule has 0 atom stereocenters. The second-order valence-electron chi connectivity index (χ2n) is 9.00. The number of imidazole rings is 1. The fourth-order valence-corrected chi connectivity index (χ4v) is 4.70. The topological polar surface area (TPSA) is 98.2 Å². The highest BCUT2D eigenvalue weighted by molar-refractivity contribution is 6.13. The van der Waals surface area contributed by atoms with Crippen LogP contribution in [0.5, 0.6) is 0 Å². The van der Waals surface area contributed by atoms with E-state index < -0.39 is 0 Å². The number of aryl methyl sites for hydroxylation is 1. The Balaban J connectivity index is 1.47. The average Bonchev–Trinajstić information content (AvgIpc) is 3.18. The summed E-state index contributed by atoms with van der Waals surface area (Å²) in [5, 5.41) is 3.21. The summed E-state index contributed by atoms with van der Waals surface area (Å²) in [6.45, 7) is 6.39. The van der Waals surface area contributed by atoms with Crippen LogP contribution < -0.4 is 10.2 Å². The predicted octanol–water partition coefficient (Wildman–Crippen LogP) is 2.51. The van der Waals surface area contributed by atoms with Crippen LogP contribution >= 0.6 is 0 Å². The Morgan fingerprint density at radius 3 is 2.69 bits per heavy atom. The average molecular weight is 472 g/mol. The molecule has 1 saturated heterocycles. The maximum atomic E-state index is 16.2. The third-order valence-electron chi connectivity index (χ3n) is 6.71. The van der Waals surface area contributed by atoms with Crippen LogP contribution in [0.25, 0.3) is 22.2 Å². The van der Waals surface area contributed by atoms with E-state index in [-0.39, 0.29) is 5.82 Å². The van der Waals surface area contributed by atoms with Gasteiger partial charge in [0, 0.05) is 68.6 Å². The van der Waals surface area contributed by atoms with E-state index in [9.17, 15) is 0 Å². The van der Waals surface area contributed by atoms with Crippen molar-refractivity contribution in [3.63, 3.8) is 0 Å². The molecule has 1 fully saturated rings. The Hall–Kier alpha value is -3.76. The summed E-state index contributed by atoms with van der Waals surface area (Å²) in [5.74, 6) is 0.976. The van der Waals surface area contributed by atoms with Crippen molar-refractivity contribution < 1.29 is 4.39 Å². The Morgan fingerprint density at radius 1 is 1.00 bits per heavy atom. The van der Waals surface area contributed by atoms with Crippen LogP contribution in [0.1, 0.15) is 22.6 Å². The number of halogens is 1. The molecule has 6 heterocycles. The number of aliphatic imine (C=N–C) groups is 1. The molecule has 35 heavy (non-hydrogen) atoms. The number of aromatic nitrogens is 5. The van der Waals surface area contributed by atoms with Gasteiger partial charge in [-0.25, -0.2) is 14.4 Å². The molecule has 10 heteroatoms. The summed E-state index contributed by atoms with van der Waals surface area (Å²) in [4.78, 5) is 30.9. The van der Waals surface area contributed by atoms with Gasteiger partial charge in [0.05, 0.1) is 23.4 Å². The molecule has 0 amide bonds. The van der Waals surface area contributed by atoms with Crippen molar-refractivity contribution in [2.75, 3.05) is 44.8 Å². The maximum absolute atomic E-state index is 16.2. The number of fused-ring (bicyclic) bond motifs is 2. The number of anilines is 1. The first-order chi connectivity index (χ1) is 17.1. The maximum Gasteiger partial charge on any atom is 0.157 e. The van der Waals surface area contributed by atoms with E-state index in [2.05, 4.69) is 47.1 Å². The number of nitrogens with zero attached hydrogens (tertiary/aromatic N) is 7. The Kier molecular flexibility index (Phi) is 5.46. The van der Waals surface area contributed by atoms with E-state index in [4.69, 9.17) is 4.98 Å². The van der Waals surface area contributed by atoms with Crippen molar-refractivity contribution in [1.29, 1.82) is 0 Å². The molecule has 178 valence electrons. The molecule has 2 aliphatic rings. The van der Waals surface area contributed by atoms with Gasteiger partial charge < -0.3 is 14.8 Å². The number of rotatable bonds is 3. The summed E-state index contributed by atoms with van der Waals surface area (Å²) in [5.41, 5.74) is 5.07. The minimum Gasteiger partial charge on any atom is -0.352 e. The zero-order chi connectivity index (χ0) is 23.9. The molecule has 4 aromatic rings. The molecule has 0 bridgehead atoms. The SMILES string of the molecule is Cc1ccncc1-c1cnc2c(c1F)C(c1nc3c(N4CCN(C)CC4)nccc3[nH]1)=NCNC2. The van der Waals surface area contributed by atoms with Crippen molar-refractivity contribution in [3.05, 3.63) is 65.4 Å². The standard InChI is InChI=1S/C25H26FN9/c1-15-3-5-27-11-16(15)17-12-30-19-13-28-14-31-23(20(19)21(17)26)24-32-18-4-6-29-25(22(18)33-24)35-9-7-34(2)8-10-35/h3-6,11-12,28H,7-10,13-14H2,1-2H3,(H,32,33). The van der Waals surface area contributed by atoms with Crippen molar-refractivity contribution in [3.8, 4) is 11.1 Å². The van der Waals surface area contributed by atoms with Crippen LogP contribution in [-0.2, 0) is 6.54 Å². The highest BCUT2D eigenvalue weighted by Gasteiger charge is 2.27. The number of hydrogen-bond acceptors (Lipinski definition) is 8. The molecule has 0 saturated carbocycles. The molecule has 9 nitrogen and oxygen atoms in total. The Labute approximate surface area is 202 Å². The lowest BCUT2D eigenvalue weighted by Gasteiger charge is -2.33. The molecule has 0 aromatic carbocycles. The lowest BCUT2D eigenvalue weighted by molar-refractivity contribution is 0.312. The van der Waals surface area contributed by atoms with Crippen LogP contribution in [0.4, 0.5) is 10.2 Å². The van der Waals surface area contributed by atoms with Crippen LogP contribution in [-0.4, -0.2) is 75.4 Å². The normalized spacial score (nSPS) is 16.8. The number of aromatic amines is 1. The van der Waals surface area contributed by atoms with Gasteiger partial charge in [-0.15, -0.1) is 0 Å². The summed E-state index contributed by atoms with van der Waals surface area (Å²) in [6, 6.07) is 3.76. The summed E-state index contributed by atoms with van der Waals surface area (Å²) < 4.78 is 16.2. The number of hydrogen-bond donors (Lipinski definition) is 2. The second kappa shape index (κ2) is 8.79. The minimum absolute atomic E-state index is 0.340. The third kappa shape index (κ3) is 3.84. The number of likely N-dealkylation sites (N-methyl/N-ethyl adjacent to an activating group) is 1. The van der Waals surface area contributed by atoms with Gasteiger partial charge in [0.15, 0.2) is 11.6 Å². The molecule has 4 aromatic heterocycles. The Morgan fingerprint density at radius 2 is 1.86 bits per heavy atom. The first kappa shape index (κ1) is 21.8. The molecule has 0 unspecified atom stereocenters. The lowest BCUT2D eigenvalue weighted by atomic mass is 9.98. The zero-order valence-corrected chi connectivity index (χ0v) is 19.7. The van der Waals surface area contributed by atoms with E-state index in [1.807, 2.05) is 19.1 Å². The van der Waals surface area contributed by atoms with Gasteiger partial charge in [-0.3, -0.25) is 20.3 Å². The molecule has 6 rings (SSSR count). The van der Waals surface area contributed by atoms with Crippen molar-refractivity contribution in [2.24, 2.45) is 4.99 Å². The van der Waals surface area contributed by atoms with E-state index >= 15 is 4.39 Å². The second-order valence-corrected chi connectivity index (χ2v) is 9.00. The van der Waals surface area contributed by atoms with Gasteiger partial charge in [-0.05, 0) is 31.7 Å². The van der Waals surface area contributed by atoms with Gasteiger partial charge in [0.2, 0.25) is 0 Å². The van der Waals surface area contributed by atoms with Crippen molar-refractivity contribution in [1.82, 2.24) is 35.1 Å². The van der Waals surface area contributed by atoms with E-state index in [0.717, 1.165) is 48.6 Å². The highest BCUT2D eigenvalue weighted by atomic mass is 19.1. The molecule has 0 aliphatic carbocycles. The monoisotopic (exact) mass is 471 g/mol. The van der Waals surface area contributed by atoms with Gasteiger partial charge in [-0.1, -0.05) is 0 Å². The first-order valence-corrected chi connectivity index (χ1v) is 11.7. The van der Waals surface area contributed by atoms with Gasteiger partial charge >= 0.3 is 0 Å². The summed E-state index contributed by atoms with van der Waals surface area (Å²) >= 11 is 0. The van der Waals surface area contributed by atoms with Gasteiger partial charge in [-0.2, -0.15) is 0 Å². The van der Waals surface area contributed by atoms with Gasteiger partial charge in [0.1, 0.15) is 17.0 Å². The lowest BCUT2D eigenvalue weighted by Crippen LogP contribution is -2.44. The summed E-state index contributed by atoms with van der Waals surface area (Å²) in [7, 11) is 2.12. The van der Waals surface area contributed by atoms with Crippen LogP contribution in [0.2, 0.25) is 0 Å². The fourth-order valence-electron chi connectivity index (χ4n) is 4.70. The third-order valence-corrected chi connectivity index (χ3v) is 6.71. The van der Waals surface area contributed by atoms with E-state index in [1.165, 1.54) is 0 Å². The smallest absolute Gasteiger partial charge is 0.157 e. The molecule has 2 aliphatic heterocycles. The zero-order valence-electron chi connectivity index (χ0n) is 19.7. The molecular weight excluding hydrogens is 445 g/mol. The molecule has 2 N–H and O–H groups in total. The van der Waals surface area contributed by atoms with Crippen LogP contribution in [0.15, 0.2) is 41.9 Å². The fraction of sp³-hybridized carbons (Fsp3) is 0.320. The number of nitrogens with one attached hydrogen (secondary N) is 2. The summed E-state index contributed by atoms with van der Waals surface area (Å²) in [6.07, 6.45) is 6.73. The van der Waals surface area contributed by atoms with E-state index in [0.29, 0.717) is 47.1 Å².